The molecule has 28 heavy (non-hydrogen) atoms. The van der Waals surface area contributed by atoms with Gasteiger partial charge in [-0.3, -0.25) is 4.98 Å². The normalized spacial score (nSPS) is 14.4. The van der Waals surface area contributed by atoms with Crippen molar-refractivity contribution in [1.82, 2.24) is 9.97 Å². The van der Waals surface area contributed by atoms with Gasteiger partial charge in [0, 0.05) is 49.6 Å². The van der Waals surface area contributed by atoms with Crippen LogP contribution in [0.1, 0.15) is 22.8 Å². The fourth-order valence-corrected chi connectivity index (χ4v) is 3.61. The van der Waals surface area contributed by atoms with Crippen molar-refractivity contribution < 1.29 is 9.53 Å². The second kappa shape index (κ2) is 7.84. The van der Waals surface area contributed by atoms with Gasteiger partial charge in [-0.15, -0.1) is 0 Å². The van der Waals surface area contributed by atoms with Crippen LogP contribution < -0.4 is 9.80 Å². The predicted molar refractivity (Wildman–Crippen MR) is 111 cm³/mol. The third kappa shape index (κ3) is 3.63. The number of hydrogen-bond donors (Lipinski definition) is 0. The number of rotatable bonds is 4. The third-order valence-corrected chi connectivity index (χ3v) is 5.08. The summed E-state index contributed by atoms with van der Waals surface area (Å²) in [6, 6.07) is 12.2. The van der Waals surface area contributed by atoms with E-state index in [-0.39, 0.29) is 5.97 Å². The van der Waals surface area contributed by atoms with Crippen LogP contribution in [0.5, 0.6) is 0 Å². The lowest BCUT2D eigenvalue weighted by atomic mass is 10.1. The zero-order valence-corrected chi connectivity index (χ0v) is 16.3. The Morgan fingerprint density at radius 3 is 2.54 bits per heavy atom. The molecule has 0 radical (unpaired) electrons. The summed E-state index contributed by atoms with van der Waals surface area (Å²) in [6.45, 7) is 7.85. The quantitative estimate of drug-likeness (QED) is 0.650. The first-order valence-electron chi connectivity index (χ1n) is 9.64. The van der Waals surface area contributed by atoms with Crippen LogP contribution in [0, 0.1) is 6.92 Å². The number of benzene rings is 1. The molecule has 1 aliphatic heterocycles. The van der Waals surface area contributed by atoms with Gasteiger partial charge in [0.1, 0.15) is 5.82 Å². The van der Waals surface area contributed by atoms with Gasteiger partial charge >= 0.3 is 5.97 Å². The monoisotopic (exact) mass is 376 g/mol. The van der Waals surface area contributed by atoms with Gasteiger partial charge in [0.2, 0.25) is 0 Å². The second-order valence-electron chi connectivity index (χ2n) is 6.95. The van der Waals surface area contributed by atoms with Crippen molar-refractivity contribution in [3.8, 4) is 0 Å². The highest BCUT2D eigenvalue weighted by Gasteiger charge is 2.20. The average Bonchev–Trinajstić information content (AvgIpc) is 2.74. The average molecular weight is 376 g/mol. The van der Waals surface area contributed by atoms with Crippen molar-refractivity contribution >= 4 is 28.4 Å². The summed E-state index contributed by atoms with van der Waals surface area (Å²) in [4.78, 5) is 25.4. The number of carbonyl (C=O) groups is 1. The Morgan fingerprint density at radius 1 is 1.04 bits per heavy atom. The smallest absolute Gasteiger partial charge is 0.339 e. The molecule has 0 atom stereocenters. The minimum Gasteiger partial charge on any atom is -0.462 e. The van der Waals surface area contributed by atoms with Crippen LogP contribution >= 0.6 is 0 Å². The van der Waals surface area contributed by atoms with Gasteiger partial charge in [0.15, 0.2) is 0 Å². The minimum absolute atomic E-state index is 0.328. The van der Waals surface area contributed by atoms with E-state index in [9.17, 15) is 4.79 Å². The Morgan fingerprint density at radius 2 is 1.82 bits per heavy atom. The molecular weight excluding hydrogens is 352 g/mol. The van der Waals surface area contributed by atoms with E-state index in [0.717, 1.165) is 37.5 Å². The van der Waals surface area contributed by atoms with Crippen LogP contribution in [-0.2, 0) is 4.74 Å². The first kappa shape index (κ1) is 18.2. The highest BCUT2D eigenvalue weighted by molar-refractivity contribution is 5.92. The van der Waals surface area contributed by atoms with E-state index in [1.807, 2.05) is 12.3 Å². The van der Waals surface area contributed by atoms with Gasteiger partial charge in [-0.05, 0) is 44.2 Å². The standard InChI is InChI=1S/C22H24N4O2/c1-3-28-22(27)17-5-7-21(24-15-17)26-12-10-25(11-13-26)20-8-9-23-19-6-4-16(2)14-18(19)20/h4-9,14-15H,3,10-13H2,1-2H3. The number of anilines is 2. The van der Waals surface area contributed by atoms with E-state index in [1.54, 1.807) is 19.2 Å². The molecule has 4 rings (SSSR count). The Balaban J connectivity index is 1.47. The number of esters is 1. The van der Waals surface area contributed by atoms with Crippen LogP contribution in [-0.4, -0.2) is 48.7 Å². The van der Waals surface area contributed by atoms with Crippen molar-refractivity contribution in [3.05, 3.63) is 59.9 Å². The molecule has 3 aromatic rings. The molecule has 0 spiro atoms. The summed E-state index contributed by atoms with van der Waals surface area (Å²) in [6.07, 6.45) is 3.48. The summed E-state index contributed by atoms with van der Waals surface area (Å²) in [5.41, 5.74) is 4.00. The number of pyridine rings is 2. The van der Waals surface area contributed by atoms with E-state index in [0.29, 0.717) is 12.2 Å². The maximum Gasteiger partial charge on any atom is 0.339 e. The van der Waals surface area contributed by atoms with Crippen molar-refractivity contribution in [1.29, 1.82) is 0 Å². The van der Waals surface area contributed by atoms with E-state index >= 15 is 0 Å². The predicted octanol–water partition coefficient (Wildman–Crippen LogP) is 3.44. The van der Waals surface area contributed by atoms with Gasteiger partial charge in [-0.1, -0.05) is 11.6 Å². The topological polar surface area (TPSA) is 58.6 Å². The second-order valence-corrected chi connectivity index (χ2v) is 6.95. The molecule has 0 bridgehead atoms. The molecule has 0 aliphatic carbocycles. The van der Waals surface area contributed by atoms with Gasteiger partial charge in [0.05, 0.1) is 17.7 Å². The Labute approximate surface area is 164 Å². The first-order chi connectivity index (χ1) is 13.7. The molecular formula is C22H24N4O2. The molecule has 0 amide bonds. The van der Waals surface area contributed by atoms with E-state index in [4.69, 9.17) is 4.74 Å². The van der Waals surface area contributed by atoms with Crippen LogP contribution in [0.15, 0.2) is 48.8 Å². The summed E-state index contributed by atoms with van der Waals surface area (Å²) in [7, 11) is 0. The lowest BCUT2D eigenvalue weighted by molar-refractivity contribution is 0.0526. The summed E-state index contributed by atoms with van der Waals surface area (Å²) >= 11 is 0. The van der Waals surface area contributed by atoms with Gasteiger partial charge in [-0.2, -0.15) is 0 Å². The first-order valence-corrected chi connectivity index (χ1v) is 9.64. The van der Waals surface area contributed by atoms with E-state index in [1.165, 1.54) is 16.6 Å². The van der Waals surface area contributed by atoms with Crippen molar-refractivity contribution in [3.63, 3.8) is 0 Å². The van der Waals surface area contributed by atoms with Crippen LogP contribution in [0.4, 0.5) is 11.5 Å². The number of hydrogen-bond acceptors (Lipinski definition) is 6. The molecule has 1 fully saturated rings. The van der Waals surface area contributed by atoms with Gasteiger partial charge in [-0.25, -0.2) is 9.78 Å². The molecule has 1 aliphatic rings. The molecule has 1 saturated heterocycles. The fraction of sp³-hybridized carbons (Fsp3) is 0.318. The molecule has 0 N–H and O–H groups in total. The van der Waals surface area contributed by atoms with Crippen molar-refractivity contribution in [2.75, 3.05) is 42.6 Å². The highest BCUT2D eigenvalue weighted by atomic mass is 16.5. The van der Waals surface area contributed by atoms with Crippen LogP contribution in [0.25, 0.3) is 10.9 Å². The molecule has 0 saturated carbocycles. The highest BCUT2D eigenvalue weighted by Crippen LogP contribution is 2.27. The lowest BCUT2D eigenvalue weighted by Crippen LogP contribution is -2.46. The summed E-state index contributed by atoms with van der Waals surface area (Å²) in [5, 5.41) is 1.20. The number of aryl methyl sites for hydroxylation is 1. The molecule has 2 aromatic heterocycles. The molecule has 6 heteroatoms. The van der Waals surface area contributed by atoms with Crippen molar-refractivity contribution in [2.45, 2.75) is 13.8 Å². The Hall–Kier alpha value is -3.15. The van der Waals surface area contributed by atoms with Gasteiger partial charge < -0.3 is 14.5 Å². The van der Waals surface area contributed by atoms with Crippen LogP contribution in [0.2, 0.25) is 0 Å². The molecule has 1 aromatic carbocycles. The van der Waals surface area contributed by atoms with Crippen LogP contribution in [0.3, 0.4) is 0 Å². The fourth-order valence-electron chi connectivity index (χ4n) is 3.61. The zero-order chi connectivity index (χ0) is 19.5. The number of fused-ring (bicyclic) bond motifs is 1. The minimum atomic E-state index is -0.328. The Kier molecular flexibility index (Phi) is 5.10. The molecule has 144 valence electrons. The van der Waals surface area contributed by atoms with E-state index in [2.05, 4.69) is 51.0 Å². The number of aromatic nitrogens is 2. The number of piperazine rings is 1. The molecule has 0 unspecified atom stereocenters. The number of nitrogens with zero attached hydrogens (tertiary/aromatic N) is 4. The maximum atomic E-state index is 11.8. The SMILES string of the molecule is CCOC(=O)c1ccc(N2CCN(c3ccnc4ccc(C)cc34)CC2)nc1. The summed E-state index contributed by atoms with van der Waals surface area (Å²) in [5.74, 6) is 0.564. The van der Waals surface area contributed by atoms with E-state index < -0.39 is 0 Å². The molecule has 3 heterocycles. The van der Waals surface area contributed by atoms with Crippen molar-refractivity contribution in [2.24, 2.45) is 0 Å². The summed E-state index contributed by atoms with van der Waals surface area (Å²) < 4.78 is 5.02. The lowest BCUT2D eigenvalue weighted by Gasteiger charge is -2.37. The number of carbonyl (C=O) groups excluding carboxylic acids is 1. The largest absolute Gasteiger partial charge is 0.462 e. The maximum absolute atomic E-state index is 11.8. The Bertz CT molecular complexity index is 979. The third-order valence-electron chi connectivity index (χ3n) is 5.08. The van der Waals surface area contributed by atoms with Gasteiger partial charge in [0.25, 0.3) is 0 Å². The molecule has 6 nitrogen and oxygen atoms in total. The zero-order valence-electron chi connectivity index (χ0n) is 16.3. The number of ether oxygens (including phenoxy) is 1.